The fourth-order valence-corrected chi connectivity index (χ4v) is 5.43. The molecule has 5 nitrogen and oxygen atoms in total. The van der Waals surface area contributed by atoms with Crippen molar-refractivity contribution in [2.45, 2.75) is 49.7 Å². The number of nitrogens with one attached hydrogen (secondary N) is 1. The summed E-state index contributed by atoms with van der Waals surface area (Å²) in [6, 6.07) is 9.37. The first kappa shape index (κ1) is 18.3. The van der Waals surface area contributed by atoms with Crippen LogP contribution in [0.1, 0.15) is 42.5 Å². The number of thiazole rings is 1. The van der Waals surface area contributed by atoms with Crippen molar-refractivity contribution in [3.05, 3.63) is 57.0 Å². The highest BCUT2D eigenvalue weighted by Gasteiger charge is 2.18. The minimum absolute atomic E-state index is 0.00925. The summed E-state index contributed by atoms with van der Waals surface area (Å²) >= 11 is 3.23. The van der Waals surface area contributed by atoms with Gasteiger partial charge in [-0.1, -0.05) is 19.1 Å². The van der Waals surface area contributed by atoms with Crippen LogP contribution in [0, 0.1) is 0 Å². The molecule has 0 fully saturated rings. The van der Waals surface area contributed by atoms with Crippen LogP contribution in [-0.2, 0) is 23.4 Å². The highest BCUT2D eigenvalue weighted by atomic mass is 32.2. The molecule has 0 atom stereocenters. The van der Waals surface area contributed by atoms with E-state index in [0.717, 1.165) is 46.2 Å². The number of hydrogen-bond acceptors (Lipinski definition) is 5. The number of hydrogen-bond donors (Lipinski definition) is 1. The van der Waals surface area contributed by atoms with E-state index in [1.165, 1.54) is 11.3 Å². The number of para-hydroxylation sites is 1. The number of anilines is 1. The first-order valence-electron chi connectivity index (χ1n) is 9.20. The lowest BCUT2D eigenvalue weighted by Crippen LogP contribution is -2.17. The van der Waals surface area contributed by atoms with Gasteiger partial charge in [-0.2, -0.15) is 0 Å². The van der Waals surface area contributed by atoms with Gasteiger partial charge in [0.25, 0.3) is 5.56 Å². The summed E-state index contributed by atoms with van der Waals surface area (Å²) in [6.07, 6.45) is 4.80. The standard InChI is InChI=1S/C20H21N3O2S2/c1-2-18(24)22-14-7-3-5-9-16(14)26-12-13-11-19(25)23-15-8-4-6-10-17(15)27-20(23)21-13/h3,5,7,9,11H,2,4,6,8,10,12H2,1H3,(H,22,24). The number of benzene rings is 1. The van der Waals surface area contributed by atoms with Crippen LogP contribution in [0.3, 0.4) is 0 Å². The summed E-state index contributed by atoms with van der Waals surface area (Å²) in [5.41, 5.74) is 2.76. The van der Waals surface area contributed by atoms with Gasteiger partial charge in [0.1, 0.15) is 0 Å². The summed E-state index contributed by atoms with van der Waals surface area (Å²) in [7, 11) is 0. The van der Waals surface area contributed by atoms with Crippen LogP contribution >= 0.6 is 23.1 Å². The molecule has 3 aromatic rings. The molecule has 7 heteroatoms. The summed E-state index contributed by atoms with van der Waals surface area (Å²) in [4.78, 5) is 32.2. The van der Waals surface area contributed by atoms with Crippen molar-refractivity contribution >= 4 is 39.7 Å². The van der Waals surface area contributed by atoms with Crippen LogP contribution in [0.5, 0.6) is 0 Å². The van der Waals surface area contributed by atoms with E-state index in [0.29, 0.717) is 12.2 Å². The molecule has 1 aliphatic carbocycles. The van der Waals surface area contributed by atoms with Gasteiger partial charge in [0, 0.05) is 33.7 Å². The molecule has 4 rings (SSSR count). The summed E-state index contributed by atoms with van der Waals surface area (Å²) in [5, 5.41) is 2.93. The van der Waals surface area contributed by atoms with Crippen molar-refractivity contribution in [1.82, 2.24) is 9.38 Å². The molecule has 140 valence electrons. The van der Waals surface area contributed by atoms with Gasteiger partial charge in [0.05, 0.1) is 11.4 Å². The third-order valence-electron chi connectivity index (χ3n) is 4.67. The van der Waals surface area contributed by atoms with Crippen LogP contribution < -0.4 is 10.9 Å². The second kappa shape index (κ2) is 7.86. The van der Waals surface area contributed by atoms with E-state index in [-0.39, 0.29) is 11.5 Å². The monoisotopic (exact) mass is 399 g/mol. The molecule has 0 saturated heterocycles. The Bertz CT molecular complexity index is 1060. The number of aromatic nitrogens is 2. The van der Waals surface area contributed by atoms with Crippen LogP contribution in [0.2, 0.25) is 0 Å². The first-order valence-corrected chi connectivity index (χ1v) is 11.0. The van der Waals surface area contributed by atoms with Crippen molar-refractivity contribution in [2.24, 2.45) is 0 Å². The molecule has 1 aliphatic rings. The molecule has 1 N–H and O–H groups in total. The normalized spacial score (nSPS) is 13.5. The number of carbonyl (C=O) groups excluding carboxylic acids is 1. The smallest absolute Gasteiger partial charge is 0.259 e. The van der Waals surface area contributed by atoms with Crippen molar-refractivity contribution in [1.29, 1.82) is 0 Å². The molecule has 0 saturated carbocycles. The maximum absolute atomic E-state index is 12.7. The van der Waals surface area contributed by atoms with Crippen LogP contribution in [0.25, 0.3) is 4.96 Å². The molecule has 1 aromatic carbocycles. The van der Waals surface area contributed by atoms with E-state index in [1.807, 2.05) is 31.2 Å². The van der Waals surface area contributed by atoms with Crippen LogP contribution in [0.15, 0.2) is 40.0 Å². The molecule has 2 heterocycles. The Kier molecular flexibility index (Phi) is 5.31. The predicted molar refractivity (Wildman–Crippen MR) is 111 cm³/mol. The lowest BCUT2D eigenvalue weighted by atomic mass is 10.0. The molecular formula is C20H21N3O2S2. The predicted octanol–water partition coefficient (Wildman–Crippen LogP) is 4.28. The number of thioether (sulfide) groups is 1. The third-order valence-corrected chi connectivity index (χ3v) is 6.92. The maximum Gasteiger partial charge on any atom is 0.259 e. The minimum Gasteiger partial charge on any atom is -0.325 e. The fraction of sp³-hybridized carbons (Fsp3) is 0.350. The van der Waals surface area contributed by atoms with Gasteiger partial charge in [-0.3, -0.25) is 14.0 Å². The SMILES string of the molecule is CCC(=O)Nc1ccccc1SCc1cc(=O)n2c3c(sc2n1)CCCC3. The second-order valence-corrected chi connectivity index (χ2v) is 8.65. The number of aryl methyl sites for hydroxylation is 2. The van der Waals surface area contributed by atoms with Gasteiger partial charge < -0.3 is 5.32 Å². The van der Waals surface area contributed by atoms with E-state index in [9.17, 15) is 9.59 Å². The Morgan fingerprint density at radius 2 is 2.11 bits per heavy atom. The topological polar surface area (TPSA) is 63.5 Å². The number of rotatable bonds is 5. The Morgan fingerprint density at radius 3 is 2.96 bits per heavy atom. The fourth-order valence-electron chi connectivity index (χ4n) is 3.30. The number of amides is 1. The van der Waals surface area contributed by atoms with E-state index >= 15 is 0 Å². The van der Waals surface area contributed by atoms with Gasteiger partial charge in [-0.05, 0) is 37.8 Å². The molecule has 0 spiro atoms. The Morgan fingerprint density at radius 1 is 1.30 bits per heavy atom. The summed E-state index contributed by atoms with van der Waals surface area (Å²) in [5.74, 6) is 0.581. The second-order valence-electron chi connectivity index (χ2n) is 6.57. The highest BCUT2D eigenvalue weighted by Crippen LogP contribution is 2.31. The largest absolute Gasteiger partial charge is 0.325 e. The molecule has 0 bridgehead atoms. The summed E-state index contributed by atoms with van der Waals surface area (Å²) in [6.45, 7) is 1.83. The number of carbonyl (C=O) groups is 1. The quantitative estimate of drug-likeness (QED) is 0.651. The minimum atomic E-state index is -0.00925. The van der Waals surface area contributed by atoms with E-state index in [1.54, 1.807) is 33.6 Å². The maximum atomic E-state index is 12.7. The van der Waals surface area contributed by atoms with Crippen molar-refractivity contribution in [2.75, 3.05) is 5.32 Å². The zero-order valence-corrected chi connectivity index (χ0v) is 16.8. The zero-order valence-electron chi connectivity index (χ0n) is 15.2. The van der Waals surface area contributed by atoms with Gasteiger partial charge >= 0.3 is 0 Å². The van der Waals surface area contributed by atoms with E-state index < -0.39 is 0 Å². The third kappa shape index (κ3) is 3.80. The van der Waals surface area contributed by atoms with Gasteiger partial charge in [0.2, 0.25) is 5.91 Å². The molecular weight excluding hydrogens is 378 g/mol. The Hall–Kier alpha value is -2.12. The Balaban J connectivity index is 1.58. The molecule has 2 aromatic heterocycles. The van der Waals surface area contributed by atoms with Crippen molar-refractivity contribution in [3.8, 4) is 0 Å². The number of fused-ring (bicyclic) bond motifs is 3. The van der Waals surface area contributed by atoms with Gasteiger partial charge in [0.15, 0.2) is 4.96 Å². The zero-order chi connectivity index (χ0) is 18.8. The molecule has 0 aliphatic heterocycles. The molecule has 1 amide bonds. The lowest BCUT2D eigenvalue weighted by molar-refractivity contribution is -0.115. The Labute approximate surface area is 165 Å². The summed E-state index contributed by atoms with van der Waals surface area (Å²) < 4.78 is 1.79. The average molecular weight is 400 g/mol. The van der Waals surface area contributed by atoms with Crippen molar-refractivity contribution < 1.29 is 4.79 Å². The van der Waals surface area contributed by atoms with Crippen molar-refractivity contribution in [3.63, 3.8) is 0 Å². The lowest BCUT2D eigenvalue weighted by Gasteiger charge is -2.11. The first-order chi connectivity index (χ1) is 13.2. The average Bonchev–Trinajstić information content (AvgIpc) is 3.06. The van der Waals surface area contributed by atoms with E-state index in [4.69, 9.17) is 4.98 Å². The van der Waals surface area contributed by atoms with Crippen LogP contribution in [-0.4, -0.2) is 15.3 Å². The highest BCUT2D eigenvalue weighted by molar-refractivity contribution is 7.98. The van der Waals surface area contributed by atoms with Gasteiger partial charge in [-0.15, -0.1) is 23.1 Å². The van der Waals surface area contributed by atoms with Gasteiger partial charge in [-0.25, -0.2) is 4.98 Å². The van der Waals surface area contributed by atoms with Crippen LogP contribution in [0.4, 0.5) is 5.69 Å². The molecule has 27 heavy (non-hydrogen) atoms. The van der Waals surface area contributed by atoms with E-state index in [2.05, 4.69) is 5.32 Å². The number of nitrogens with zero attached hydrogens (tertiary/aromatic N) is 2. The molecule has 0 radical (unpaired) electrons. The molecule has 0 unspecified atom stereocenters.